The standard InChI is InChI=1S/C10H21NO4S/c1-10(2,3)8(11-4)6-16(13,14)7-9(12)15-5/h8,11H,6-7H2,1-5H3. The zero-order valence-electron chi connectivity index (χ0n) is 10.5. The molecule has 0 fully saturated rings. The molecule has 16 heavy (non-hydrogen) atoms. The van der Waals surface area contributed by atoms with Crippen LogP contribution < -0.4 is 5.32 Å². The molecule has 0 aliphatic rings. The van der Waals surface area contributed by atoms with E-state index >= 15 is 0 Å². The molecule has 0 bridgehead atoms. The highest BCUT2D eigenvalue weighted by Gasteiger charge is 2.29. The van der Waals surface area contributed by atoms with Crippen LogP contribution in [0.2, 0.25) is 0 Å². The van der Waals surface area contributed by atoms with Crippen molar-refractivity contribution in [2.24, 2.45) is 5.41 Å². The molecule has 0 radical (unpaired) electrons. The molecule has 6 heteroatoms. The Hall–Kier alpha value is -0.620. The van der Waals surface area contributed by atoms with Crippen molar-refractivity contribution >= 4 is 15.8 Å². The fraction of sp³-hybridized carbons (Fsp3) is 0.900. The highest BCUT2D eigenvalue weighted by molar-refractivity contribution is 7.92. The molecule has 0 aliphatic carbocycles. The molecule has 0 heterocycles. The van der Waals surface area contributed by atoms with Crippen molar-refractivity contribution in [3.63, 3.8) is 0 Å². The topological polar surface area (TPSA) is 72.5 Å². The SMILES string of the molecule is CNC(CS(=O)(=O)CC(=O)OC)C(C)(C)C. The van der Waals surface area contributed by atoms with E-state index in [1.807, 2.05) is 20.8 Å². The first kappa shape index (κ1) is 15.4. The monoisotopic (exact) mass is 251 g/mol. The van der Waals surface area contributed by atoms with Crippen molar-refractivity contribution in [3.8, 4) is 0 Å². The van der Waals surface area contributed by atoms with Crippen LogP contribution >= 0.6 is 0 Å². The first-order valence-corrected chi connectivity index (χ1v) is 6.89. The molecule has 0 aliphatic heterocycles. The molecule has 96 valence electrons. The van der Waals surface area contributed by atoms with Crippen LogP contribution in [0.25, 0.3) is 0 Å². The van der Waals surface area contributed by atoms with Gasteiger partial charge in [0.15, 0.2) is 9.84 Å². The van der Waals surface area contributed by atoms with Gasteiger partial charge in [0.1, 0.15) is 5.75 Å². The Morgan fingerprint density at radius 1 is 1.38 bits per heavy atom. The van der Waals surface area contributed by atoms with Gasteiger partial charge in [-0.25, -0.2) is 8.42 Å². The molecule has 0 rings (SSSR count). The number of nitrogens with one attached hydrogen (secondary N) is 1. The quantitative estimate of drug-likeness (QED) is 0.707. The zero-order valence-corrected chi connectivity index (χ0v) is 11.3. The molecule has 0 aromatic rings. The summed E-state index contributed by atoms with van der Waals surface area (Å²) in [5.74, 6) is -1.34. The van der Waals surface area contributed by atoms with Gasteiger partial charge in [0.2, 0.25) is 0 Å². The van der Waals surface area contributed by atoms with Gasteiger partial charge in [-0.2, -0.15) is 0 Å². The Kier molecular flexibility index (Phi) is 5.41. The van der Waals surface area contributed by atoms with E-state index in [1.54, 1.807) is 7.05 Å². The molecule has 0 amide bonds. The van der Waals surface area contributed by atoms with Gasteiger partial charge < -0.3 is 10.1 Å². The minimum atomic E-state index is -3.42. The molecular weight excluding hydrogens is 230 g/mol. The summed E-state index contributed by atoms with van der Waals surface area (Å²) in [6.07, 6.45) is 0. The average Bonchev–Trinajstić information content (AvgIpc) is 2.11. The summed E-state index contributed by atoms with van der Waals surface area (Å²) in [5.41, 5.74) is -0.183. The second kappa shape index (κ2) is 5.63. The number of sulfone groups is 1. The molecular formula is C10H21NO4S. The lowest BCUT2D eigenvalue weighted by molar-refractivity contribution is -0.137. The van der Waals surface area contributed by atoms with Crippen molar-refractivity contribution in [2.45, 2.75) is 26.8 Å². The van der Waals surface area contributed by atoms with Crippen LogP contribution in [0.1, 0.15) is 20.8 Å². The molecule has 1 atom stereocenters. The number of hydrogen-bond acceptors (Lipinski definition) is 5. The van der Waals surface area contributed by atoms with E-state index in [0.29, 0.717) is 0 Å². The molecule has 1 N–H and O–H groups in total. The van der Waals surface area contributed by atoms with Crippen LogP contribution in [0.3, 0.4) is 0 Å². The first-order chi connectivity index (χ1) is 7.12. The Morgan fingerprint density at radius 3 is 2.19 bits per heavy atom. The van der Waals surface area contributed by atoms with Crippen molar-refractivity contribution in [1.82, 2.24) is 5.32 Å². The minimum Gasteiger partial charge on any atom is -0.468 e. The van der Waals surface area contributed by atoms with Gasteiger partial charge in [-0.3, -0.25) is 4.79 Å². The molecule has 0 aromatic carbocycles. The Bertz CT molecular complexity index is 329. The summed E-state index contributed by atoms with van der Waals surface area (Å²) in [6.45, 7) is 5.84. The van der Waals surface area contributed by atoms with Crippen LogP contribution in [0.15, 0.2) is 0 Å². The fourth-order valence-electron chi connectivity index (χ4n) is 1.32. The summed E-state index contributed by atoms with van der Waals surface area (Å²) < 4.78 is 27.7. The van der Waals surface area contributed by atoms with E-state index in [9.17, 15) is 13.2 Å². The van der Waals surface area contributed by atoms with Crippen molar-refractivity contribution < 1.29 is 17.9 Å². The van der Waals surface area contributed by atoms with E-state index in [2.05, 4.69) is 10.1 Å². The maximum absolute atomic E-state index is 11.7. The number of carbonyl (C=O) groups excluding carboxylic acids is 1. The number of methoxy groups -OCH3 is 1. The molecule has 1 unspecified atom stereocenters. The highest BCUT2D eigenvalue weighted by atomic mass is 32.2. The fourth-order valence-corrected chi connectivity index (χ4v) is 3.09. The van der Waals surface area contributed by atoms with E-state index in [1.165, 1.54) is 7.11 Å². The van der Waals surface area contributed by atoms with Gasteiger partial charge in [-0.1, -0.05) is 20.8 Å². The largest absolute Gasteiger partial charge is 0.468 e. The van der Waals surface area contributed by atoms with Crippen LogP contribution in [0, 0.1) is 5.41 Å². The molecule has 0 saturated heterocycles. The average molecular weight is 251 g/mol. The summed E-state index contributed by atoms with van der Waals surface area (Å²) in [6, 6.07) is -0.192. The predicted octanol–water partition coefficient (Wildman–Crippen LogP) is 0.208. The van der Waals surface area contributed by atoms with Crippen LogP contribution in [-0.2, 0) is 19.4 Å². The van der Waals surface area contributed by atoms with Gasteiger partial charge in [0, 0.05) is 6.04 Å². The van der Waals surface area contributed by atoms with Gasteiger partial charge in [0.25, 0.3) is 0 Å². The van der Waals surface area contributed by atoms with Gasteiger partial charge in [0.05, 0.1) is 12.9 Å². The maximum Gasteiger partial charge on any atom is 0.320 e. The lowest BCUT2D eigenvalue weighted by Crippen LogP contribution is -2.44. The molecule has 0 spiro atoms. The van der Waals surface area contributed by atoms with Crippen molar-refractivity contribution in [2.75, 3.05) is 25.7 Å². The third kappa shape index (κ3) is 5.46. The smallest absolute Gasteiger partial charge is 0.320 e. The molecule has 0 saturated carbocycles. The Morgan fingerprint density at radius 2 is 1.88 bits per heavy atom. The third-order valence-electron chi connectivity index (χ3n) is 2.38. The lowest BCUT2D eigenvalue weighted by atomic mass is 9.88. The van der Waals surface area contributed by atoms with Gasteiger partial charge in [-0.05, 0) is 12.5 Å². The zero-order chi connectivity index (χ0) is 13.0. The normalized spacial score (nSPS) is 14.6. The number of hydrogen-bond donors (Lipinski definition) is 1. The number of ether oxygens (including phenoxy) is 1. The van der Waals surface area contributed by atoms with Crippen LogP contribution in [0.5, 0.6) is 0 Å². The van der Waals surface area contributed by atoms with E-state index in [4.69, 9.17) is 0 Å². The Labute approximate surface area is 97.5 Å². The third-order valence-corrected chi connectivity index (χ3v) is 3.90. The Balaban J connectivity index is 4.63. The van der Waals surface area contributed by atoms with E-state index < -0.39 is 21.6 Å². The minimum absolute atomic E-state index is 0.0674. The summed E-state index contributed by atoms with van der Waals surface area (Å²) in [7, 11) is -0.535. The van der Waals surface area contributed by atoms with Gasteiger partial charge >= 0.3 is 5.97 Å². The first-order valence-electron chi connectivity index (χ1n) is 5.07. The predicted molar refractivity (Wildman–Crippen MR) is 63.0 cm³/mol. The second-order valence-corrected chi connectivity index (χ2v) is 6.95. The molecule has 5 nitrogen and oxygen atoms in total. The highest BCUT2D eigenvalue weighted by Crippen LogP contribution is 2.20. The summed E-state index contributed by atoms with van der Waals surface area (Å²) in [4.78, 5) is 10.9. The summed E-state index contributed by atoms with van der Waals surface area (Å²) >= 11 is 0. The second-order valence-electron chi connectivity index (χ2n) is 4.84. The summed E-state index contributed by atoms with van der Waals surface area (Å²) in [5, 5.41) is 2.96. The van der Waals surface area contributed by atoms with Crippen LogP contribution in [-0.4, -0.2) is 46.1 Å². The number of rotatable bonds is 5. The van der Waals surface area contributed by atoms with Gasteiger partial charge in [-0.15, -0.1) is 0 Å². The van der Waals surface area contributed by atoms with Crippen LogP contribution in [0.4, 0.5) is 0 Å². The maximum atomic E-state index is 11.7. The van der Waals surface area contributed by atoms with E-state index in [0.717, 1.165) is 0 Å². The van der Waals surface area contributed by atoms with E-state index in [-0.39, 0.29) is 17.2 Å². The van der Waals surface area contributed by atoms with Crippen molar-refractivity contribution in [1.29, 1.82) is 0 Å². The lowest BCUT2D eigenvalue weighted by Gasteiger charge is -2.29. The van der Waals surface area contributed by atoms with Crippen molar-refractivity contribution in [3.05, 3.63) is 0 Å². The number of carbonyl (C=O) groups is 1. The number of esters is 1. The molecule has 0 aromatic heterocycles.